The molecule has 100 valence electrons. The number of ether oxygens (including phenoxy) is 1. The Morgan fingerprint density at radius 1 is 1.28 bits per heavy atom. The molecule has 0 bridgehead atoms. The molecular formula is C11H20N6O. The summed E-state index contributed by atoms with van der Waals surface area (Å²) < 4.78 is 5.24. The van der Waals surface area contributed by atoms with E-state index < -0.39 is 0 Å². The van der Waals surface area contributed by atoms with Crippen LogP contribution in [0, 0.1) is 0 Å². The van der Waals surface area contributed by atoms with E-state index in [1.807, 2.05) is 6.92 Å². The number of nitrogens with one attached hydrogen (secondary N) is 1. The fraction of sp³-hybridized carbons (Fsp3) is 0.727. The Balaban J connectivity index is 1.97. The maximum absolute atomic E-state index is 5.70. The number of nitrogens with zero attached hydrogens (tertiary/aromatic N) is 4. The van der Waals surface area contributed by atoms with E-state index in [-0.39, 0.29) is 5.95 Å². The summed E-state index contributed by atoms with van der Waals surface area (Å²) in [5.74, 6) is 1.44. The van der Waals surface area contributed by atoms with Crippen LogP contribution in [-0.4, -0.2) is 47.8 Å². The molecule has 7 nitrogen and oxygen atoms in total. The predicted octanol–water partition coefficient (Wildman–Crippen LogP) is 0.502. The second-order valence-corrected chi connectivity index (χ2v) is 4.14. The van der Waals surface area contributed by atoms with Crippen molar-refractivity contribution in [1.29, 1.82) is 0 Å². The van der Waals surface area contributed by atoms with Gasteiger partial charge < -0.3 is 20.7 Å². The van der Waals surface area contributed by atoms with E-state index in [4.69, 9.17) is 10.5 Å². The molecular weight excluding hydrogens is 232 g/mol. The van der Waals surface area contributed by atoms with Gasteiger partial charge in [-0.15, -0.1) is 0 Å². The van der Waals surface area contributed by atoms with Gasteiger partial charge in [0.2, 0.25) is 17.8 Å². The van der Waals surface area contributed by atoms with Crippen molar-refractivity contribution in [3.8, 4) is 0 Å². The standard InChI is InChI=1S/C11H20N6O/c1-2-18-8-5-13-10-14-9(12)15-11(16-10)17-6-3-4-7-17/h2-8H2,1H3,(H3,12,13,14,15,16). The van der Waals surface area contributed by atoms with Crippen molar-refractivity contribution in [2.45, 2.75) is 19.8 Å². The lowest BCUT2D eigenvalue weighted by atomic mass is 10.4. The van der Waals surface area contributed by atoms with Crippen LogP contribution in [0.3, 0.4) is 0 Å². The Morgan fingerprint density at radius 3 is 2.78 bits per heavy atom. The predicted molar refractivity (Wildman–Crippen MR) is 70.7 cm³/mol. The van der Waals surface area contributed by atoms with Gasteiger partial charge >= 0.3 is 0 Å². The zero-order valence-corrected chi connectivity index (χ0v) is 10.7. The van der Waals surface area contributed by atoms with Crippen LogP contribution in [0.15, 0.2) is 0 Å². The minimum atomic E-state index is 0.255. The van der Waals surface area contributed by atoms with E-state index in [0.29, 0.717) is 31.7 Å². The van der Waals surface area contributed by atoms with E-state index in [1.54, 1.807) is 0 Å². The fourth-order valence-corrected chi connectivity index (χ4v) is 1.90. The minimum absolute atomic E-state index is 0.255. The third-order valence-corrected chi connectivity index (χ3v) is 2.76. The summed E-state index contributed by atoms with van der Waals surface area (Å²) in [4.78, 5) is 14.7. The minimum Gasteiger partial charge on any atom is -0.380 e. The van der Waals surface area contributed by atoms with Crippen molar-refractivity contribution >= 4 is 17.8 Å². The summed E-state index contributed by atoms with van der Waals surface area (Å²) in [5, 5.41) is 3.09. The van der Waals surface area contributed by atoms with Gasteiger partial charge in [0.25, 0.3) is 0 Å². The second-order valence-electron chi connectivity index (χ2n) is 4.14. The van der Waals surface area contributed by atoms with E-state index in [2.05, 4.69) is 25.2 Å². The number of nitrogen functional groups attached to an aromatic ring is 1. The Hall–Kier alpha value is -1.63. The molecule has 0 amide bonds. The normalized spacial score (nSPS) is 15.1. The average molecular weight is 252 g/mol. The summed E-state index contributed by atoms with van der Waals surface area (Å²) in [6, 6.07) is 0. The molecule has 18 heavy (non-hydrogen) atoms. The largest absolute Gasteiger partial charge is 0.380 e. The molecule has 1 aliphatic heterocycles. The highest BCUT2D eigenvalue weighted by molar-refractivity contribution is 5.42. The van der Waals surface area contributed by atoms with Crippen LogP contribution in [0.2, 0.25) is 0 Å². The van der Waals surface area contributed by atoms with Gasteiger partial charge in [-0.1, -0.05) is 0 Å². The first-order chi connectivity index (χ1) is 8.79. The van der Waals surface area contributed by atoms with Gasteiger partial charge in [0.05, 0.1) is 6.61 Å². The number of anilines is 3. The average Bonchev–Trinajstić information content (AvgIpc) is 2.88. The monoisotopic (exact) mass is 252 g/mol. The second kappa shape index (κ2) is 6.34. The summed E-state index contributed by atoms with van der Waals surface area (Å²) in [7, 11) is 0. The molecule has 1 aromatic heterocycles. The lowest BCUT2D eigenvalue weighted by Crippen LogP contribution is -2.22. The van der Waals surface area contributed by atoms with E-state index in [1.165, 1.54) is 12.8 Å². The van der Waals surface area contributed by atoms with Crippen LogP contribution < -0.4 is 16.0 Å². The lowest BCUT2D eigenvalue weighted by Gasteiger charge is -2.16. The Morgan fingerprint density at radius 2 is 2.06 bits per heavy atom. The molecule has 1 aromatic rings. The van der Waals surface area contributed by atoms with E-state index in [0.717, 1.165) is 13.1 Å². The molecule has 0 aromatic carbocycles. The number of hydrogen-bond acceptors (Lipinski definition) is 7. The summed E-state index contributed by atoms with van der Waals surface area (Å²) in [6.45, 7) is 5.94. The Kier molecular flexibility index (Phi) is 4.52. The maximum atomic E-state index is 5.70. The molecule has 1 aliphatic rings. The lowest BCUT2D eigenvalue weighted by molar-refractivity contribution is 0.158. The molecule has 2 heterocycles. The first-order valence-electron chi connectivity index (χ1n) is 6.37. The highest BCUT2D eigenvalue weighted by Gasteiger charge is 2.16. The smallest absolute Gasteiger partial charge is 0.231 e. The highest BCUT2D eigenvalue weighted by atomic mass is 16.5. The number of nitrogens with two attached hydrogens (primary N) is 1. The van der Waals surface area contributed by atoms with Crippen LogP contribution in [-0.2, 0) is 4.74 Å². The molecule has 0 radical (unpaired) electrons. The van der Waals surface area contributed by atoms with Crippen molar-refractivity contribution in [1.82, 2.24) is 15.0 Å². The zero-order chi connectivity index (χ0) is 12.8. The van der Waals surface area contributed by atoms with Crippen molar-refractivity contribution in [2.24, 2.45) is 0 Å². The molecule has 1 saturated heterocycles. The van der Waals surface area contributed by atoms with E-state index in [9.17, 15) is 0 Å². The fourth-order valence-electron chi connectivity index (χ4n) is 1.90. The Bertz CT molecular complexity index is 380. The van der Waals surface area contributed by atoms with Crippen molar-refractivity contribution in [2.75, 3.05) is 48.8 Å². The molecule has 0 saturated carbocycles. The van der Waals surface area contributed by atoms with Crippen LogP contribution in [0.4, 0.5) is 17.8 Å². The third-order valence-electron chi connectivity index (χ3n) is 2.76. The number of hydrogen-bond donors (Lipinski definition) is 2. The van der Waals surface area contributed by atoms with Crippen molar-refractivity contribution in [3.63, 3.8) is 0 Å². The quantitative estimate of drug-likeness (QED) is 0.713. The molecule has 0 spiro atoms. The van der Waals surface area contributed by atoms with Crippen molar-refractivity contribution in [3.05, 3.63) is 0 Å². The molecule has 0 unspecified atom stereocenters. The molecule has 3 N–H and O–H groups in total. The van der Waals surface area contributed by atoms with Gasteiger partial charge in [-0.3, -0.25) is 0 Å². The molecule has 0 atom stereocenters. The number of rotatable bonds is 6. The van der Waals surface area contributed by atoms with Crippen LogP contribution in [0.1, 0.15) is 19.8 Å². The van der Waals surface area contributed by atoms with E-state index >= 15 is 0 Å². The van der Waals surface area contributed by atoms with Gasteiger partial charge in [0, 0.05) is 26.2 Å². The summed E-state index contributed by atoms with van der Waals surface area (Å²) in [5.41, 5.74) is 5.70. The van der Waals surface area contributed by atoms with Gasteiger partial charge in [0.1, 0.15) is 0 Å². The maximum Gasteiger partial charge on any atom is 0.231 e. The summed E-state index contributed by atoms with van der Waals surface area (Å²) in [6.07, 6.45) is 2.36. The highest BCUT2D eigenvalue weighted by Crippen LogP contribution is 2.17. The summed E-state index contributed by atoms with van der Waals surface area (Å²) >= 11 is 0. The SMILES string of the molecule is CCOCCNc1nc(N)nc(N2CCCC2)n1. The van der Waals surface area contributed by atoms with Crippen molar-refractivity contribution < 1.29 is 4.74 Å². The molecule has 2 rings (SSSR count). The van der Waals surface area contributed by atoms with Crippen LogP contribution in [0.5, 0.6) is 0 Å². The van der Waals surface area contributed by atoms with Gasteiger partial charge in [-0.2, -0.15) is 15.0 Å². The van der Waals surface area contributed by atoms with Gasteiger partial charge in [0.15, 0.2) is 0 Å². The van der Waals surface area contributed by atoms with Crippen LogP contribution >= 0.6 is 0 Å². The topological polar surface area (TPSA) is 89.2 Å². The van der Waals surface area contributed by atoms with Gasteiger partial charge in [-0.05, 0) is 19.8 Å². The van der Waals surface area contributed by atoms with Gasteiger partial charge in [-0.25, -0.2) is 0 Å². The molecule has 7 heteroatoms. The zero-order valence-electron chi connectivity index (χ0n) is 10.7. The van der Waals surface area contributed by atoms with Crippen LogP contribution in [0.25, 0.3) is 0 Å². The Labute approximate surface area is 107 Å². The third kappa shape index (κ3) is 3.43. The molecule has 1 fully saturated rings. The first kappa shape index (κ1) is 12.8. The molecule has 0 aliphatic carbocycles. The number of aromatic nitrogens is 3. The first-order valence-corrected chi connectivity index (χ1v) is 6.37.